The molecule has 0 saturated heterocycles. The van der Waals surface area contributed by atoms with E-state index >= 15 is 0 Å². The molecule has 22 heavy (non-hydrogen) atoms. The van der Waals surface area contributed by atoms with E-state index in [0.29, 0.717) is 6.54 Å². The predicted octanol–water partition coefficient (Wildman–Crippen LogP) is 3.64. The van der Waals surface area contributed by atoms with Crippen molar-refractivity contribution in [1.82, 2.24) is 10.6 Å². The molecule has 0 atom stereocenters. The first-order chi connectivity index (χ1) is 9.99. The van der Waals surface area contributed by atoms with Gasteiger partial charge in [-0.25, -0.2) is 4.39 Å². The maximum absolute atomic E-state index is 13.3. The van der Waals surface area contributed by atoms with E-state index < -0.39 is 0 Å². The van der Waals surface area contributed by atoms with Gasteiger partial charge in [-0.2, -0.15) is 11.8 Å². The fourth-order valence-corrected chi connectivity index (χ4v) is 2.39. The van der Waals surface area contributed by atoms with E-state index in [2.05, 4.69) is 35.7 Å². The Balaban J connectivity index is 0.00000441. The number of benzene rings is 1. The first-order valence-electron chi connectivity index (χ1n) is 7.19. The van der Waals surface area contributed by atoms with Crippen molar-refractivity contribution in [3.05, 3.63) is 35.6 Å². The molecule has 0 aliphatic carbocycles. The highest BCUT2D eigenvalue weighted by atomic mass is 127. The minimum atomic E-state index is -0.194. The summed E-state index contributed by atoms with van der Waals surface area (Å²) in [6.07, 6.45) is 3.21. The van der Waals surface area contributed by atoms with Gasteiger partial charge in [0.15, 0.2) is 5.96 Å². The average Bonchev–Trinajstić information content (AvgIpc) is 2.46. The van der Waals surface area contributed by atoms with Gasteiger partial charge < -0.3 is 10.6 Å². The van der Waals surface area contributed by atoms with E-state index in [4.69, 9.17) is 0 Å². The molecule has 0 bridgehead atoms. The number of aliphatic imine (C=N–C) groups is 1. The van der Waals surface area contributed by atoms with Crippen LogP contribution in [-0.4, -0.2) is 38.1 Å². The normalized spacial score (nSPS) is 11.8. The highest BCUT2D eigenvalue weighted by Crippen LogP contribution is 2.22. The largest absolute Gasteiger partial charge is 0.356 e. The lowest BCUT2D eigenvalue weighted by molar-refractivity contribution is 0.503. The van der Waals surface area contributed by atoms with Crippen molar-refractivity contribution in [3.8, 4) is 0 Å². The van der Waals surface area contributed by atoms with Crippen molar-refractivity contribution in [1.29, 1.82) is 0 Å². The first kappa shape index (κ1) is 21.5. The van der Waals surface area contributed by atoms with Crippen molar-refractivity contribution < 1.29 is 4.39 Å². The predicted molar refractivity (Wildman–Crippen MR) is 107 cm³/mol. The molecule has 0 aliphatic rings. The Hall–Kier alpha value is -0.500. The van der Waals surface area contributed by atoms with E-state index in [9.17, 15) is 4.39 Å². The number of thioether (sulfide) groups is 1. The molecule has 0 saturated carbocycles. The van der Waals surface area contributed by atoms with Crippen LogP contribution in [0.15, 0.2) is 29.3 Å². The molecule has 1 rings (SSSR count). The number of hydrogen-bond acceptors (Lipinski definition) is 2. The van der Waals surface area contributed by atoms with Crippen LogP contribution in [0.3, 0.4) is 0 Å². The molecule has 2 N–H and O–H groups in total. The number of rotatable bonds is 7. The summed E-state index contributed by atoms with van der Waals surface area (Å²) in [4.78, 5) is 4.21. The Morgan fingerprint density at radius 1 is 1.32 bits per heavy atom. The Bertz CT molecular complexity index is 466. The third kappa shape index (κ3) is 7.67. The summed E-state index contributed by atoms with van der Waals surface area (Å²) >= 11 is 1.84. The molecular formula is C16H27FIN3S. The Kier molecular flexibility index (Phi) is 10.8. The smallest absolute Gasteiger partial charge is 0.191 e. The van der Waals surface area contributed by atoms with Crippen LogP contribution in [0.1, 0.15) is 25.8 Å². The van der Waals surface area contributed by atoms with Crippen LogP contribution in [0.5, 0.6) is 0 Å². The molecule has 1 aromatic rings. The number of hydrogen-bond donors (Lipinski definition) is 2. The molecule has 1 aromatic carbocycles. The van der Waals surface area contributed by atoms with Crippen molar-refractivity contribution in [2.45, 2.75) is 25.7 Å². The Morgan fingerprint density at radius 2 is 2.05 bits per heavy atom. The number of nitrogens with zero attached hydrogens (tertiary/aromatic N) is 1. The molecule has 0 aliphatic heterocycles. The second kappa shape index (κ2) is 11.1. The minimum Gasteiger partial charge on any atom is -0.356 e. The standard InChI is InChI=1S/C16H26FN3S.HI/c1-16(2,13-7-5-8-14(17)11-13)12-20-15(18-3)19-9-6-10-21-4;/h5,7-8,11H,6,9-10,12H2,1-4H3,(H2,18,19,20);1H. The summed E-state index contributed by atoms with van der Waals surface area (Å²) < 4.78 is 13.3. The minimum absolute atomic E-state index is 0. The number of guanidine groups is 1. The lowest BCUT2D eigenvalue weighted by Crippen LogP contribution is -2.43. The van der Waals surface area contributed by atoms with E-state index in [1.165, 1.54) is 6.07 Å². The van der Waals surface area contributed by atoms with Gasteiger partial charge in [0.05, 0.1) is 0 Å². The van der Waals surface area contributed by atoms with Crippen LogP contribution in [0.25, 0.3) is 0 Å². The average molecular weight is 439 g/mol. The zero-order chi connectivity index (χ0) is 15.7. The third-order valence-electron chi connectivity index (χ3n) is 3.35. The summed E-state index contributed by atoms with van der Waals surface area (Å²) in [7, 11) is 1.76. The molecule has 0 aromatic heterocycles. The van der Waals surface area contributed by atoms with Gasteiger partial charge in [0.2, 0.25) is 0 Å². The fourth-order valence-electron chi connectivity index (χ4n) is 1.96. The van der Waals surface area contributed by atoms with Gasteiger partial charge in [0.1, 0.15) is 5.82 Å². The molecule has 0 unspecified atom stereocenters. The SMILES string of the molecule is CN=C(NCCCSC)NCC(C)(C)c1cccc(F)c1.I. The van der Waals surface area contributed by atoms with Crippen LogP contribution in [0.4, 0.5) is 4.39 Å². The lowest BCUT2D eigenvalue weighted by atomic mass is 9.84. The van der Waals surface area contributed by atoms with Crippen molar-refractivity contribution in [3.63, 3.8) is 0 Å². The lowest BCUT2D eigenvalue weighted by Gasteiger charge is -2.26. The van der Waals surface area contributed by atoms with Crippen LogP contribution < -0.4 is 10.6 Å². The molecule has 0 fully saturated rings. The second-order valence-electron chi connectivity index (χ2n) is 5.59. The van der Waals surface area contributed by atoms with Crippen LogP contribution in [0.2, 0.25) is 0 Å². The molecule has 126 valence electrons. The molecule has 0 radical (unpaired) electrons. The third-order valence-corrected chi connectivity index (χ3v) is 4.04. The fraction of sp³-hybridized carbons (Fsp3) is 0.562. The van der Waals surface area contributed by atoms with Crippen LogP contribution in [0, 0.1) is 5.82 Å². The van der Waals surface area contributed by atoms with Crippen LogP contribution in [-0.2, 0) is 5.41 Å². The van der Waals surface area contributed by atoms with Crippen molar-refractivity contribution in [2.75, 3.05) is 32.1 Å². The molecule has 6 heteroatoms. The first-order valence-corrected chi connectivity index (χ1v) is 8.58. The highest BCUT2D eigenvalue weighted by Gasteiger charge is 2.21. The number of halogens is 2. The van der Waals surface area contributed by atoms with E-state index in [-0.39, 0.29) is 35.2 Å². The zero-order valence-corrected chi connectivity index (χ0v) is 16.9. The van der Waals surface area contributed by atoms with E-state index in [0.717, 1.165) is 30.2 Å². The highest BCUT2D eigenvalue weighted by molar-refractivity contribution is 14.0. The quantitative estimate of drug-likeness (QED) is 0.295. The molecular weight excluding hydrogens is 412 g/mol. The number of nitrogens with one attached hydrogen (secondary N) is 2. The second-order valence-corrected chi connectivity index (χ2v) is 6.58. The Morgan fingerprint density at radius 3 is 2.64 bits per heavy atom. The summed E-state index contributed by atoms with van der Waals surface area (Å²) in [5.74, 6) is 1.74. The molecule has 3 nitrogen and oxygen atoms in total. The van der Waals surface area contributed by atoms with Gasteiger partial charge >= 0.3 is 0 Å². The van der Waals surface area contributed by atoms with E-state index in [1.54, 1.807) is 19.2 Å². The summed E-state index contributed by atoms with van der Waals surface area (Å²) in [6.45, 7) is 5.78. The van der Waals surface area contributed by atoms with Gasteiger partial charge in [-0.3, -0.25) is 4.99 Å². The van der Waals surface area contributed by atoms with Crippen molar-refractivity contribution >= 4 is 41.7 Å². The molecule has 0 spiro atoms. The van der Waals surface area contributed by atoms with Gasteiger partial charge in [-0.15, -0.1) is 24.0 Å². The van der Waals surface area contributed by atoms with Gasteiger partial charge in [0.25, 0.3) is 0 Å². The molecule has 0 amide bonds. The topological polar surface area (TPSA) is 36.4 Å². The molecule has 0 heterocycles. The zero-order valence-electron chi connectivity index (χ0n) is 13.8. The van der Waals surface area contributed by atoms with E-state index in [1.807, 2.05) is 17.8 Å². The van der Waals surface area contributed by atoms with Gasteiger partial charge in [-0.1, -0.05) is 26.0 Å². The Labute approximate surface area is 155 Å². The van der Waals surface area contributed by atoms with Gasteiger partial charge in [0, 0.05) is 25.6 Å². The maximum Gasteiger partial charge on any atom is 0.191 e. The monoisotopic (exact) mass is 439 g/mol. The summed E-state index contributed by atoms with van der Waals surface area (Å²) in [6, 6.07) is 6.77. The summed E-state index contributed by atoms with van der Waals surface area (Å²) in [5, 5.41) is 6.61. The summed E-state index contributed by atoms with van der Waals surface area (Å²) in [5.41, 5.74) is 0.812. The van der Waals surface area contributed by atoms with Crippen molar-refractivity contribution in [2.24, 2.45) is 4.99 Å². The van der Waals surface area contributed by atoms with Gasteiger partial charge in [-0.05, 0) is 36.1 Å². The maximum atomic E-state index is 13.3. The van der Waals surface area contributed by atoms with Crippen LogP contribution >= 0.6 is 35.7 Å².